The van der Waals surface area contributed by atoms with Gasteiger partial charge in [-0.25, -0.2) is 13.3 Å². The number of piperazine rings is 1. The van der Waals surface area contributed by atoms with Crippen molar-refractivity contribution in [1.29, 1.82) is 5.26 Å². The van der Waals surface area contributed by atoms with Crippen molar-refractivity contribution in [2.75, 3.05) is 37.6 Å². The first-order chi connectivity index (χ1) is 19.8. The monoisotopic (exact) mass is 607 g/mol. The first kappa shape index (κ1) is 31.4. The van der Waals surface area contributed by atoms with E-state index >= 15 is 0 Å². The Bertz CT molecular complexity index is 1530. The molecule has 3 heterocycles. The van der Waals surface area contributed by atoms with Gasteiger partial charge in [0.1, 0.15) is 10.6 Å². The van der Waals surface area contributed by atoms with E-state index in [2.05, 4.69) is 10.1 Å². The number of aryl methyl sites for hydroxylation is 2. The van der Waals surface area contributed by atoms with Gasteiger partial charge in [0.25, 0.3) is 11.8 Å². The van der Waals surface area contributed by atoms with Gasteiger partial charge in [0.2, 0.25) is 10.0 Å². The highest BCUT2D eigenvalue weighted by Gasteiger charge is 2.39. The molecule has 0 atom stereocenters. The molecule has 1 fully saturated rings. The van der Waals surface area contributed by atoms with Gasteiger partial charge in [0, 0.05) is 37.3 Å². The van der Waals surface area contributed by atoms with Gasteiger partial charge < -0.3 is 9.42 Å². The van der Waals surface area contributed by atoms with Crippen LogP contribution in [0, 0.1) is 25.2 Å². The average Bonchev–Trinajstić information content (AvgIpc) is 3.39. The van der Waals surface area contributed by atoms with Crippen LogP contribution in [0.1, 0.15) is 61.6 Å². The Kier molecular flexibility index (Phi) is 9.24. The Hall–Kier alpha value is -3.54. The van der Waals surface area contributed by atoms with Gasteiger partial charge in [-0.15, -0.1) is 0 Å². The first-order valence-electron chi connectivity index (χ1n) is 13.6. The Morgan fingerprint density at radius 2 is 1.67 bits per heavy atom. The number of benzene rings is 1. The van der Waals surface area contributed by atoms with E-state index < -0.39 is 39.1 Å². The van der Waals surface area contributed by atoms with Crippen molar-refractivity contribution in [3.8, 4) is 6.07 Å². The molecule has 0 aliphatic carbocycles. The number of nitrogens with zero attached hydrogens (tertiary/aromatic N) is 5. The van der Waals surface area contributed by atoms with E-state index in [9.17, 15) is 31.2 Å². The zero-order valence-corrected chi connectivity index (χ0v) is 24.4. The van der Waals surface area contributed by atoms with Gasteiger partial charge in [0.05, 0.1) is 22.9 Å². The number of unbranched alkanes of at least 4 members (excludes halogenated alkanes) is 3. The third-order valence-electron chi connectivity index (χ3n) is 7.67. The molecule has 0 radical (unpaired) electrons. The maximum absolute atomic E-state index is 13.4. The first-order valence-corrected chi connectivity index (χ1v) is 15.1. The van der Waals surface area contributed by atoms with E-state index in [1.807, 2.05) is 0 Å². The van der Waals surface area contributed by atoms with Crippen LogP contribution in [0.15, 0.2) is 38.8 Å². The summed E-state index contributed by atoms with van der Waals surface area (Å²) in [5, 5.41) is 12.8. The molecule has 2 aliphatic heterocycles. The quantitative estimate of drug-likeness (QED) is 0.289. The van der Waals surface area contributed by atoms with Crippen LogP contribution < -0.4 is 4.90 Å². The van der Waals surface area contributed by atoms with E-state index in [0.717, 1.165) is 36.8 Å². The Morgan fingerprint density at radius 1 is 1.00 bits per heavy atom. The largest absolute Gasteiger partial charge is 0.417 e. The number of anilines is 1. The smallest absolute Gasteiger partial charge is 0.360 e. The summed E-state index contributed by atoms with van der Waals surface area (Å²) in [4.78, 5) is 28.9. The number of rotatable bonds is 10. The molecule has 2 aliphatic rings. The predicted molar refractivity (Wildman–Crippen MR) is 146 cm³/mol. The number of amides is 2. The van der Waals surface area contributed by atoms with Crippen LogP contribution in [0.25, 0.3) is 0 Å². The third kappa shape index (κ3) is 6.28. The van der Waals surface area contributed by atoms with E-state index in [1.54, 1.807) is 13.8 Å². The van der Waals surface area contributed by atoms with E-state index in [-0.39, 0.29) is 27.5 Å². The van der Waals surface area contributed by atoms with Crippen molar-refractivity contribution >= 4 is 27.5 Å². The SMILES string of the molecule is CC1=C(CCCCCCN2CCN(S(=O)(=O)c3c(C)noc3C)CC2)C(=O)N(c2ccc(C#N)c(C(F)(F)F)c2)C1=O. The molecule has 2 amide bonds. The van der Waals surface area contributed by atoms with E-state index in [1.165, 1.54) is 23.4 Å². The molecule has 0 unspecified atom stereocenters. The molecule has 2 aromatic rings. The standard InChI is InChI=1S/C28H32F3N5O5S/c1-18-23(27(38)36(26(18)37)22-10-9-21(17-32)24(16-22)28(29,30)31)8-6-4-5-7-11-34-12-14-35(15-13-34)42(39,40)25-19(2)33-41-20(25)3/h9-10,16H,4-8,11-15H2,1-3H3. The van der Waals surface area contributed by atoms with Gasteiger partial charge in [-0.1, -0.05) is 18.0 Å². The molecule has 1 saturated heterocycles. The van der Waals surface area contributed by atoms with Crippen LogP contribution in [0.3, 0.4) is 0 Å². The minimum absolute atomic E-state index is 0.134. The summed E-state index contributed by atoms with van der Waals surface area (Å²) in [7, 11) is -3.66. The fourth-order valence-electron chi connectivity index (χ4n) is 5.37. The number of alkyl halides is 3. The second kappa shape index (κ2) is 12.4. The molecular weight excluding hydrogens is 575 g/mol. The fraction of sp³-hybridized carbons (Fsp3) is 0.500. The fourth-order valence-corrected chi connectivity index (χ4v) is 7.09. The third-order valence-corrected chi connectivity index (χ3v) is 9.82. The van der Waals surface area contributed by atoms with Crippen molar-refractivity contribution in [3.05, 3.63) is 51.9 Å². The number of hydrogen-bond acceptors (Lipinski definition) is 8. The zero-order chi connectivity index (χ0) is 30.8. The highest BCUT2D eigenvalue weighted by molar-refractivity contribution is 7.89. The molecule has 0 N–H and O–H groups in total. The minimum Gasteiger partial charge on any atom is -0.360 e. The minimum atomic E-state index is -4.81. The number of nitriles is 1. The van der Waals surface area contributed by atoms with Gasteiger partial charge in [-0.05, 0) is 64.8 Å². The second-order valence-electron chi connectivity index (χ2n) is 10.5. The van der Waals surface area contributed by atoms with Crippen molar-refractivity contribution in [3.63, 3.8) is 0 Å². The van der Waals surface area contributed by atoms with Crippen molar-refractivity contribution < 1.29 is 35.7 Å². The summed E-state index contributed by atoms with van der Waals surface area (Å²) < 4.78 is 72.6. The van der Waals surface area contributed by atoms with Crippen molar-refractivity contribution in [1.82, 2.24) is 14.4 Å². The summed E-state index contributed by atoms with van der Waals surface area (Å²) in [6, 6.07) is 4.29. The topological polar surface area (TPSA) is 128 Å². The molecule has 1 aromatic heterocycles. The number of hydrogen-bond donors (Lipinski definition) is 0. The highest BCUT2D eigenvalue weighted by atomic mass is 32.2. The van der Waals surface area contributed by atoms with Crippen molar-refractivity contribution in [2.24, 2.45) is 0 Å². The lowest BCUT2D eigenvalue weighted by atomic mass is 10.0. The molecule has 226 valence electrons. The number of halogens is 3. The molecule has 0 spiro atoms. The molecule has 14 heteroatoms. The molecular formula is C28H32F3N5O5S. The summed E-state index contributed by atoms with van der Waals surface area (Å²) in [6.45, 7) is 7.43. The Balaban J connectivity index is 1.23. The highest BCUT2D eigenvalue weighted by Crippen LogP contribution is 2.37. The number of sulfonamides is 1. The second-order valence-corrected chi connectivity index (χ2v) is 12.3. The number of carbonyl (C=O) groups excluding carboxylic acids is 2. The molecule has 4 rings (SSSR count). The van der Waals surface area contributed by atoms with Crippen molar-refractivity contribution in [2.45, 2.75) is 63.9 Å². The summed E-state index contributed by atoms with van der Waals surface area (Å²) >= 11 is 0. The van der Waals surface area contributed by atoms with E-state index in [4.69, 9.17) is 9.78 Å². The van der Waals surface area contributed by atoms with Crippen LogP contribution in [0.4, 0.5) is 18.9 Å². The maximum Gasteiger partial charge on any atom is 0.417 e. The number of aromatic nitrogens is 1. The number of carbonyl (C=O) groups is 2. The van der Waals surface area contributed by atoms with Crippen LogP contribution >= 0.6 is 0 Å². The van der Waals surface area contributed by atoms with Crippen LogP contribution in [-0.4, -0.2) is 67.3 Å². The molecule has 0 bridgehead atoms. The van der Waals surface area contributed by atoms with Crippen LogP contribution in [0.2, 0.25) is 0 Å². The lowest BCUT2D eigenvalue weighted by Gasteiger charge is -2.33. The summed E-state index contributed by atoms with van der Waals surface area (Å²) in [5.74, 6) is -1.02. The van der Waals surface area contributed by atoms with Gasteiger partial charge >= 0.3 is 6.18 Å². The number of imide groups is 1. The molecule has 1 aromatic carbocycles. The molecule has 42 heavy (non-hydrogen) atoms. The van der Waals surface area contributed by atoms with Crippen LogP contribution in [0.5, 0.6) is 0 Å². The van der Waals surface area contributed by atoms with Gasteiger partial charge in [0.15, 0.2) is 5.76 Å². The predicted octanol–water partition coefficient (Wildman–Crippen LogP) is 4.33. The zero-order valence-electron chi connectivity index (χ0n) is 23.6. The lowest BCUT2D eigenvalue weighted by Crippen LogP contribution is -2.48. The molecule has 10 nitrogen and oxygen atoms in total. The normalized spacial score (nSPS) is 17.4. The van der Waals surface area contributed by atoms with Crippen LogP contribution in [-0.2, 0) is 25.8 Å². The lowest BCUT2D eigenvalue weighted by molar-refractivity contribution is -0.138. The van der Waals surface area contributed by atoms with Gasteiger partial charge in [-0.2, -0.15) is 22.7 Å². The Labute approximate surface area is 242 Å². The van der Waals surface area contributed by atoms with E-state index in [0.29, 0.717) is 50.8 Å². The average molecular weight is 608 g/mol. The molecule has 0 saturated carbocycles. The van der Waals surface area contributed by atoms with Gasteiger partial charge in [-0.3, -0.25) is 9.59 Å². The maximum atomic E-state index is 13.4. The summed E-state index contributed by atoms with van der Waals surface area (Å²) in [6.07, 6.45) is -1.33. The summed E-state index contributed by atoms with van der Waals surface area (Å²) in [5.41, 5.74) is -1.15. The Morgan fingerprint density at radius 3 is 2.26 bits per heavy atom.